The van der Waals surface area contributed by atoms with Crippen molar-refractivity contribution in [3.8, 4) is 0 Å². The molecule has 2 aliphatic rings. The van der Waals surface area contributed by atoms with Gasteiger partial charge in [0.15, 0.2) is 0 Å². The summed E-state index contributed by atoms with van der Waals surface area (Å²) in [6.07, 6.45) is 14.8. The molecule has 0 radical (unpaired) electrons. The van der Waals surface area contributed by atoms with E-state index in [2.05, 4.69) is 47.1 Å². The van der Waals surface area contributed by atoms with Gasteiger partial charge < -0.3 is 22.1 Å². The molecule has 148 valence electrons. The zero-order chi connectivity index (χ0) is 20.2. The Labute approximate surface area is 172 Å². The highest BCUT2D eigenvalue weighted by molar-refractivity contribution is 5.53. The average Bonchev–Trinajstić information content (AvgIpc) is 2.73. The van der Waals surface area contributed by atoms with Crippen LogP contribution in [0.2, 0.25) is 0 Å². The fraction of sp³-hybridized carbons (Fsp3) is 0.200. The summed E-state index contributed by atoms with van der Waals surface area (Å²) in [6.45, 7) is 0. The van der Waals surface area contributed by atoms with E-state index >= 15 is 0 Å². The van der Waals surface area contributed by atoms with E-state index in [4.69, 9.17) is 11.5 Å². The number of rotatable bonds is 6. The Morgan fingerprint density at radius 1 is 0.655 bits per heavy atom. The molecule has 0 amide bonds. The third-order valence-electron chi connectivity index (χ3n) is 5.38. The Kier molecular flexibility index (Phi) is 5.38. The maximum absolute atomic E-state index is 6.68. The summed E-state index contributed by atoms with van der Waals surface area (Å²) in [4.78, 5) is 0. The summed E-state index contributed by atoms with van der Waals surface area (Å²) in [5.74, 6) is 0. The lowest BCUT2D eigenvalue weighted by Crippen LogP contribution is -2.51. The summed E-state index contributed by atoms with van der Waals surface area (Å²) in [5, 5.41) is 6.83. The Bertz CT molecular complexity index is 879. The SMILES string of the molecule is NC1(CC2(N)C=CC(Nc3ccccc3)=CC2)C=CC(Nc2ccccc2)=CC1. The Hall–Kier alpha value is -3.08. The molecule has 0 spiro atoms. The van der Waals surface area contributed by atoms with Crippen molar-refractivity contribution >= 4 is 11.4 Å². The minimum absolute atomic E-state index is 0.445. The molecular formula is C25H28N4. The first-order valence-corrected chi connectivity index (χ1v) is 10.0. The van der Waals surface area contributed by atoms with Crippen LogP contribution in [0.5, 0.6) is 0 Å². The molecule has 0 heterocycles. The van der Waals surface area contributed by atoms with Crippen molar-refractivity contribution in [2.24, 2.45) is 11.5 Å². The van der Waals surface area contributed by atoms with Gasteiger partial charge in [0.1, 0.15) is 0 Å². The minimum atomic E-state index is -0.445. The molecule has 0 fully saturated rings. The highest BCUT2D eigenvalue weighted by atomic mass is 14.9. The predicted octanol–water partition coefficient (Wildman–Crippen LogP) is 4.68. The van der Waals surface area contributed by atoms with Crippen LogP contribution in [-0.4, -0.2) is 11.1 Å². The topological polar surface area (TPSA) is 76.1 Å². The zero-order valence-electron chi connectivity index (χ0n) is 16.5. The molecule has 0 saturated carbocycles. The normalized spacial score (nSPS) is 25.9. The quantitative estimate of drug-likeness (QED) is 0.583. The van der Waals surface area contributed by atoms with Crippen LogP contribution in [0.15, 0.2) is 109 Å². The van der Waals surface area contributed by atoms with Gasteiger partial charge in [0.05, 0.1) is 0 Å². The number of hydrogen-bond acceptors (Lipinski definition) is 4. The third-order valence-corrected chi connectivity index (χ3v) is 5.38. The first-order chi connectivity index (χ1) is 14.0. The number of benzene rings is 2. The van der Waals surface area contributed by atoms with Crippen molar-refractivity contribution in [2.45, 2.75) is 30.3 Å². The number of nitrogens with one attached hydrogen (secondary N) is 2. The minimum Gasteiger partial charge on any atom is -0.356 e. The van der Waals surface area contributed by atoms with Crippen molar-refractivity contribution < 1.29 is 0 Å². The number of hydrogen-bond donors (Lipinski definition) is 4. The Morgan fingerprint density at radius 2 is 1.07 bits per heavy atom. The lowest BCUT2D eigenvalue weighted by atomic mass is 9.76. The molecule has 2 aliphatic carbocycles. The number of anilines is 2. The highest BCUT2D eigenvalue weighted by Crippen LogP contribution is 2.32. The Balaban J connectivity index is 1.35. The number of nitrogens with two attached hydrogens (primary N) is 2. The van der Waals surface area contributed by atoms with Gasteiger partial charge >= 0.3 is 0 Å². The van der Waals surface area contributed by atoms with Gasteiger partial charge in [0, 0.05) is 33.8 Å². The standard InChI is InChI=1S/C25H28N4/c26-24(15-11-22(12-16-24)28-20-7-3-1-4-8-20)19-25(27)17-13-23(14-18-25)29-21-9-5-2-6-10-21/h1-15,17,28-29H,16,18-19,26-27H2. The molecule has 6 N–H and O–H groups in total. The zero-order valence-corrected chi connectivity index (χ0v) is 16.5. The van der Waals surface area contributed by atoms with Crippen LogP contribution < -0.4 is 22.1 Å². The van der Waals surface area contributed by atoms with Crippen molar-refractivity contribution in [1.29, 1.82) is 0 Å². The second kappa shape index (κ2) is 8.11. The monoisotopic (exact) mass is 384 g/mol. The first kappa shape index (κ1) is 19.2. The van der Waals surface area contributed by atoms with Gasteiger partial charge in [0.25, 0.3) is 0 Å². The van der Waals surface area contributed by atoms with Crippen molar-refractivity contribution in [2.75, 3.05) is 10.6 Å². The van der Waals surface area contributed by atoms with Gasteiger partial charge in [-0.3, -0.25) is 0 Å². The molecule has 2 aromatic carbocycles. The molecule has 2 aromatic rings. The fourth-order valence-electron chi connectivity index (χ4n) is 3.82. The second-order valence-electron chi connectivity index (χ2n) is 8.02. The van der Waals surface area contributed by atoms with E-state index in [1.54, 1.807) is 0 Å². The third kappa shape index (κ3) is 5.05. The van der Waals surface area contributed by atoms with E-state index < -0.39 is 11.1 Å². The molecule has 0 saturated heterocycles. The lowest BCUT2D eigenvalue weighted by Gasteiger charge is -2.38. The van der Waals surface area contributed by atoms with Crippen molar-refractivity contribution in [3.05, 3.63) is 109 Å². The molecular weight excluding hydrogens is 356 g/mol. The van der Waals surface area contributed by atoms with Crippen LogP contribution in [0.4, 0.5) is 11.4 Å². The lowest BCUT2D eigenvalue weighted by molar-refractivity contribution is 0.367. The molecule has 29 heavy (non-hydrogen) atoms. The molecule has 0 aromatic heterocycles. The number of allylic oxidation sites excluding steroid dienone is 2. The largest absolute Gasteiger partial charge is 0.356 e. The average molecular weight is 385 g/mol. The van der Waals surface area contributed by atoms with E-state index in [0.29, 0.717) is 6.42 Å². The molecule has 2 unspecified atom stereocenters. The smallest absolute Gasteiger partial charge is 0.0399 e. The van der Waals surface area contributed by atoms with Gasteiger partial charge in [-0.2, -0.15) is 0 Å². The van der Waals surface area contributed by atoms with E-state index in [-0.39, 0.29) is 0 Å². The summed E-state index contributed by atoms with van der Waals surface area (Å²) in [6, 6.07) is 20.3. The maximum atomic E-state index is 6.68. The van der Waals surface area contributed by atoms with Crippen molar-refractivity contribution in [3.63, 3.8) is 0 Å². The summed E-state index contributed by atoms with van der Waals surface area (Å²) < 4.78 is 0. The fourth-order valence-corrected chi connectivity index (χ4v) is 3.82. The van der Waals surface area contributed by atoms with E-state index in [1.807, 2.05) is 60.7 Å². The van der Waals surface area contributed by atoms with E-state index in [0.717, 1.165) is 35.6 Å². The van der Waals surface area contributed by atoms with Gasteiger partial charge in [-0.15, -0.1) is 0 Å². The van der Waals surface area contributed by atoms with Gasteiger partial charge in [-0.25, -0.2) is 0 Å². The second-order valence-corrected chi connectivity index (χ2v) is 8.02. The molecule has 0 bridgehead atoms. The summed E-state index contributed by atoms with van der Waals surface area (Å²) >= 11 is 0. The van der Waals surface area contributed by atoms with E-state index in [9.17, 15) is 0 Å². The first-order valence-electron chi connectivity index (χ1n) is 10.0. The van der Waals surface area contributed by atoms with E-state index in [1.165, 1.54) is 0 Å². The van der Waals surface area contributed by atoms with Crippen LogP contribution in [0.25, 0.3) is 0 Å². The molecule has 0 aliphatic heterocycles. The van der Waals surface area contributed by atoms with Crippen LogP contribution >= 0.6 is 0 Å². The van der Waals surface area contributed by atoms with Crippen LogP contribution in [0.3, 0.4) is 0 Å². The van der Waals surface area contributed by atoms with Crippen LogP contribution in [0, 0.1) is 0 Å². The van der Waals surface area contributed by atoms with Gasteiger partial charge in [-0.05, 0) is 55.7 Å². The van der Waals surface area contributed by atoms with Crippen LogP contribution in [0.1, 0.15) is 19.3 Å². The molecule has 4 rings (SSSR count). The van der Waals surface area contributed by atoms with Crippen LogP contribution in [-0.2, 0) is 0 Å². The molecule has 4 heteroatoms. The molecule has 2 atom stereocenters. The molecule has 4 nitrogen and oxygen atoms in total. The van der Waals surface area contributed by atoms with Gasteiger partial charge in [-0.1, -0.05) is 60.7 Å². The van der Waals surface area contributed by atoms with Crippen molar-refractivity contribution in [1.82, 2.24) is 0 Å². The summed E-state index contributed by atoms with van der Waals surface area (Å²) in [5.41, 5.74) is 16.7. The number of para-hydroxylation sites is 2. The maximum Gasteiger partial charge on any atom is 0.0399 e. The van der Waals surface area contributed by atoms with Gasteiger partial charge in [0.2, 0.25) is 0 Å². The summed E-state index contributed by atoms with van der Waals surface area (Å²) in [7, 11) is 0. The Morgan fingerprint density at radius 3 is 1.41 bits per heavy atom. The predicted molar refractivity (Wildman–Crippen MR) is 122 cm³/mol. The highest BCUT2D eigenvalue weighted by Gasteiger charge is 2.34.